The summed E-state index contributed by atoms with van der Waals surface area (Å²) in [4.78, 5) is 53.7. The fourth-order valence-electron chi connectivity index (χ4n) is 5.93. The Balaban J connectivity index is 1.14. The topological polar surface area (TPSA) is 108 Å². The molecule has 4 aliphatic rings. The van der Waals surface area contributed by atoms with Gasteiger partial charge in [-0.3, -0.25) is 34.3 Å². The van der Waals surface area contributed by atoms with Crippen LogP contribution in [0.25, 0.3) is 0 Å². The van der Waals surface area contributed by atoms with Gasteiger partial charge in [0.2, 0.25) is 11.8 Å². The Morgan fingerprint density at radius 2 is 1.95 bits per heavy atom. The number of likely N-dealkylation sites (tertiary alicyclic amines) is 1. The van der Waals surface area contributed by atoms with E-state index in [0.717, 1.165) is 43.3 Å². The van der Waals surface area contributed by atoms with Crippen LogP contribution in [0.1, 0.15) is 56.7 Å². The number of rotatable bonds is 6. The molecule has 2 N–H and O–H groups in total. The van der Waals surface area contributed by atoms with E-state index in [1.807, 2.05) is 0 Å². The summed E-state index contributed by atoms with van der Waals surface area (Å²) in [5.74, 6) is -2.01. The minimum absolute atomic E-state index is 0.0946. The number of carbonyl (C=O) groups excluding carboxylic acids is 4. The molecule has 2 aromatic carbocycles. The van der Waals surface area contributed by atoms with Gasteiger partial charge in [-0.05, 0) is 55.1 Å². The molecule has 37 heavy (non-hydrogen) atoms. The number of imide groups is 2. The molecule has 9 nitrogen and oxygen atoms in total. The van der Waals surface area contributed by atoms with Crippen LogP contribution in [-0.4, -0.2) is 65.8 Å². The van der Waals surface area contributed by atoms with Crippen molar-refractivity contribution in [2.45, 2.75) is 45.3 Å². The average Bonchev–Trinajstić information content (AvgIpc) is 3.40. The van der Waals surface area contributed by atoms with Crippen molar-refractivity contribution < 1.29 is 23.9 Å². The molecule has 0 radical (unpaired) electrons. The monoisotopic (exact) mass is 502 g/mol. The van der Waals surface area contributed by atoms with Crippen molar-refractivity contribution in [1.29, 1.82) is 0 Å². The molecule has 6 rings (SSSR count). The maximum Gasteiger partial charge on any atom is 0.264 e. The lowest BCUT2D eigenvalue weighted by Crippen LogP contribution is -2.54. The van der Waals surface area contributed by atoms with Gasteiger partial charge in [0, 0.05) is 37.2 Å². The number of nitrogens with zero attached hydrogens (tertiary/aromatic N) is 2. The zero-order chi connectivity index (χ0) is 25.7. The Kier molecular flexibility index (Phi) is 5.84. The number of carbonyl (C=O) groups is 4. The smallest absolute Gasteiger partial charge is 0.264 e. The molecular weight excluding hydrogens is 472 g/mol. The summed E-state index contributed by atoms with van der Waals surface area (Å²) in [7, 11) is 0. The number of aryl methyl sites for hydroxylation is 1. The third-order valence-corrected chi connectivity index (χ3v) is 8.09. The maximum absolute atomic E-state index is 13.3. The Labute approximate surface area is 215 Å². The minimum Gasteiger partial charge on any atom is -0.380 e. The first-order valence-corrected chi connectivity index (χ1v) is 12.8. The lowest BCUT2D eigenvalue weighted by atomic mass is 9.85. The summed E-state index contributed by atoms with van der Waals surface area (Å²) in [6.07, 6.45) is 1.44. The molecule has 0 bridgehead atoms. The van der Waals surface area contributed by atoms with Gasteiger partial charge in [0.1, 0.15) is 6.04 Å². The van der Waals surface area contributed by atoms with Crippen molar-refractivity contribution in [3.63, 3.8) is 0 Å². The van der Waals surface area contributed by atoms with Gasteiger partial charge < -0.3 is 10.1 Å². The van der Waals surface area contributed by atoms with E-state index in [1.165, 1.54) is 17.5 Å². The van der Waals surface area contributed by atoms with Gasteiger partial charge in [-0.1, -0.05) is 24.3 Å². The molecule has 3 fully saturated rings. The number of anilines is 1. The molecule has 1 atom stereocenters. The summed E-state index contributed by atoms with van der Waals surface area (Å²) in [5.41, 5.74) is 5.07. The van der Waals surface area contributed by atoms with Crippen LogP contribution in [0.5, 0.6) is 0 Å². The Hall–Kier alpha value is -3.56. The van der Waals surface area contributed by atoms with Crippen LogP contribution < -0.4 is 10.6 Å². The fraction of sp³-hybridized carbons (Fsp3) is 0.429. The van der Waals surface area contributed by atoms with Crippen molar-refractivity contribution in [2.24, 2.45) is 5.41 Å². The van der Waals surface area contributed by atoms with Gasteiger partial charge in [-0.15, -0.1) is 0 Å². The highest BCUT2D eigenvalue weighted by atomic mass is 16.5. The van der Waals surface area contributed by atoms with Gasteiger partial charge in [-0.2, -0.15) is 0 Å². The van der Waals surface area contributed by atoms with E-state index >= 15 is 0 Å². The van der Waals surface area contributed by atoms with Crippen LogP contribution in [0.4, 0.5) is 5.69 Å². The molecule has 0 aromatic heterocycles. The predicted octanol–water partition coefficient (Wildman–Crippen LogP) is 2.23. The first-order chi connectivity index (χ1) is 17.8. The largest absolute Gasteiger partial charge is 0.380 e. The number of hydrogen-bond donors (Lipinski definition) is 2. The van der Waals surface area contributed by atoms with Crippen molar-refractivity contribution in [2.75, 3.05) is 31.6 Å². The number of nitrogens with one attached hydrogen (secondary N) is 2. The number of hydrogen-bond acceptors (Lipinski definition) is 7. The van der Waals surface area contributed by atoms with Crippen LogP contribution in [0.15, 0.2) is 36.4 Å². The summed E-state index contributed by atoms with van der Waals surface area (Å²) < 4.78 is 5.44. The molecule has 4 amide bonds. The second-order valence-corrected chi connectivity index (χ2v) is 10.7. The SMILES string of the molecule is Cc1cc(CNc2cccc3c2C(=O)N(C2CCC(=O)NC2=O)C3=O)ccc1CN1CCC2(COC2)C1. The molecule has 0 saturated carbocycles. The number of amides is 4. The van der Waals surface area contributed by atoms with Gasteiger partial charge in [0.25, 0.3) is 11.8 Å². The fourth-order valence-corrected chi connectivity index (χ4v) is 5.93. The molecule has 1 spiro atoms. The van der Waals surface area contributed by atoms with Crippen LogP contribution in [-0.2, 0) is 27.4 Å². The summed E-state index contributed by atoms with van der Waals surface area (Å²) >= 11 is 0. The van der Waals surface area contributed by atoms with Crippen molar-refractivity contribution >= 4 is 29.3 Å². The molecule has 4 aliphatic heterocycles. The standard InChI is InChI=1S/C28H30N4O5/c1-17-11-18(5-6-19(17)13-31-10-9-28(14-31)15-37-16-28)12-29-21-4-2-3-20-24(21)27(36)32(26(20)35)22-7-8-23(33)30-25(22)34/h2-6,11,22,29H,7-10,12-16H2,1H3,(H,30,33,34). The summed E-state index contributed by atoms with van der Waals surface area (Å²) in [6.45, 7) is 7.51. The quantitative estimate of drug-likeness (QED) is 0.584. The maximum atomic E-state index is 13.3. The van der Waals surface area contributed by atoms with Gasteiger partial charge in [0.15, 0.2) is 0 Å². The van der Waals surface area contributed by atoms with E-state index in [-0.39, 0.29) is 29.9 Å². The van der Waals surface area contributed by atoms with Crippen molar-refractivity contribution in [3.8, 4) is 0 Å². The highest BCUT2D eigenvalue weighted by Gasteiger charge is 2.46. The first-order valence-electron chi connectivity index (χ1n) is 12.8. The molecule has 3 saturated heterocycles. The van der Waals surface area contributed by atoms with E-state index in [0.29, 0.717) is 17.6 Å². The van der Waals surface area contributed by atoms with E-state index in [4.69, 9.17) is 4.74 Å². The predicted molar refractivity (Wildman–Crippen MR) is 135 cm³/mol. The Bertz CT molecular complexity index is 1320. The molecule has 2 aromatic rings. The van der Waals surface area contributed by atoms with Gasteiger partial charge in [-0.25, -0.2) is 0 Å². The minimum atomic E-state index is -0.976. The van der Waals surface area contributed by atoms with E-state index in [9.17, 15) is 19.2 Å². The van der Waals surface area contributed by atoms with E-state index < -0.39 is 23.8 Å². The Morgan fingerprint density at radius 1 is 1.11 bits per heavy atom. The number of piperidine rings is 1. The zero-order valence-corrected chi connectivity index (χ0v) is 20.8. The second kappa shape index (κ2) is 9.08. The molecule has 192 valence electrons. The lowest BCUT2D eigenvalue weighted by molar-refractivity contribution is -0.136. The highest BCUT2D eigenvalue weighted by Crippen LogP contribution is 2.38. The Morgan fingerprint density at radius 3 is 2.65 bits per heavy atom. The third kappa shape index (κ3) is 4.22. The average molecular weight is 503 g/mol. The molecule has 4 heterocycles. The zero-order valence-electron chi connectivity index (χ0n) is 20.8. The highest BCUT2D eigenvalue weighted by molar-refractivity contribution is 6.25. The number of ether oxygens (including phenoxy) is 1. The van der Waals surface area contributed by atoms with E-state index in [2.05, 4.69) is 40.7 Å². The molecule has 0 aliphatic carbocycles. The van der Waals surface area contributed by atoms with Crippen molar-refractivity contribution in [1.82, 2.24) is 15.1 Å². The van der Waals surface area contributed by atoms with Gasteiger partial charge >= 0.3 is 0 Å². The number of benzene rings is 2. The second-order valence-electron chi connectivity index (χ2n) is 10.7. The van der Waals surface area contributed by atoms with Crippen LogP contribution >= 0.6 is 0 Å². The molecular formula is C28H30N4O5. The van der Waals surface area contributed by atoms with Crippen LogP contribution in [0, 0.1) is 12.3 Å². The number of fused-ring (bicyclic) bond motifs is 1. The molecule has 9 heteroatoms. The van der Waals surface area contributed by atoms with Crippen molar-refractivity contribution in [3.05, 3.63) is 64.2 Å². The first kappa shape index (κ1) is 23.8. The van der Waals surface area contributed by atoms with E-state index in [1.54, 1.807) is 18.2 Å². The normalized spacial score (nSPS) is 22.8. The third-order valence-electron chi connectivity index (χ3n) is 8.09. The van der Waals surface area contributed by atoms with Crippen LogP contribution in [0.2, 0.25) is 0 Å². The molecule has 1 unspecified atom stereocenters. The summed E-state index contributed by atoms with van der Waals surface area (Å²) in [5, 5.41) is 5.55. The lowest BCUT2D eigenvalue weighted by Gasteiger charge is -2.37. The summed E-state index contributed by atoms with van der Waals surface area (Å²) in [6, 6.07) is 10.5. The van der Waals surface area contributed by atoms with Gasteiger partial charge in [0.05, 0.1) is 24.3 Å². The van der Waals surface area contributed by atoms with Crippen LogP contribution in [0.3, 0.4) is 0 Å².